The van der Waals surface area contributed by atoms with Gasteiger partial charge in [0.15, 0.2) is 0 Å². The summed E-state index contributed by atoms with van der Waals surface area (Å²) in [6.07, 6.45) is -0.179. The fraction of sp³-hybridized carbons (Fsp3) is 0.500. The molecule has 118 valence electrons. The molecule has 0 aliphatic carbocycles. The van der Waals surface area contributed by atoms with Crippen LogP contribution >= 0.6 is 11.3 Å². The van der Waals surface area contributed by atoms with Gasteiger partial charge >= 0.3 is 5.97 Å². The Morgan fingerprint density at radius 3 is 2.57 bits per heavy atom. The molecule has 2 N–H and O–H groups in total. The number of carbonyl (C=O) groups excluding carboxylic acids is 1. The third-order valence-electron chi connectivity index (χ3n) is 2.68. The van der Waals surface area contributed by atoms with Gasteiger partial charge in [0, 0.05) is 12.6 Å². The van der Waals surface area contributed by atoms with Crippen LogP contribution in [0, 0.1) is 0 Å². The molecule has 0 spiro atoms. The van der Waals surface area contributed by atoms with Crippen molar-refractivity contribution in [1.82, 2.24) is 9.62 Å². The molecule has 21 heavy (non-hydrogen) atoms. The molecule has 1 aromatic rings. The Morgan fingerprint density at radius 2 is 2.10 bits per heavy atom. The van der Waals surface area contributed by atoms with Crippen molar-refractivity contribution in [3.05, 3.63) is 17.5 Å². The molecule has 0 saturated heterocycles. The molecule has 0 unspecified atom stereocenters. The van der Waals surface area contributed by atoms with Gasteiger partial charge in [0.2, 0.25) is 5.91 Å². The third-order valence-corrected chi connectivity index (χ3v) is 5.48. The van der Waals surface area contributed by atoms with Crippen LogP contribution in [0.25, 0.3) is 0 Å². The molecule has 1 rings (SSSR count). The van der Waals surface area contributed by atoms with Gasteiger partial charge in [-0.25, -0.2) is 13.1 Å². The Labute approximate surface area is 127 Å². The van der Waals surface area contributed by atoms with E-state index < -0.39 is 28.4 Å². The summed E-state index contributed by atoms with van der Waals surface area (Å²) in [4.78, 5) is 23.9. The van der Waals surface area contributed by atoms with Crippen LogP contribution < -0.4 is 4.72 Å². The molecule has 0 radical (unpaired) electrons. The summed E-state index contributed by atoms with van der Waals surface area (Å²) in [5.41, 5.74) is 0. The molecule has 9 heteroatoms. The highest BCUT2D eigenvalue weighted by Gasteiger charge is 2.21. The van der Waals surface area contributed by atoms with Gasteiger partial charge in [-0.05, 0) is 25.3 Å². The van der Waals surface area contributed by atoms with Gasteiger partial charge in [-0.3, -0.25) is 9.59 Å². The Hall–Kier alpha value is -1.45. The van der Waals surface area contributed by atoms with Crippen LogP contribution in [0.15, 0.2) is 21.7 Å². The molecule has 7 nitrogen and oxygen atoms in total. The lowest BCUT2D eigenvalue weighted by Gasteiger charge is -2.26. The predicted molar refractivity (Wildman–Crippen MR) is 78.6 cm³/mol. The van der Waals surface area contributed by atoms with E-state index in [1.807, 2.05) is 0 Å². The Bertz CT molecular complexity index is 581. The minimum absolute atomic E-state index is 0.0482. The van der Waals surface area contributed by atoms with Crippen molar-refractivity contribution in [1.29, 1.82) is 0 Å². The zero-order valence-corrected chi connectivity index (χ0v) is 13.4. The number of hydrogen-bond acceptors (Lipinski definition) is 5. The maximum atomic E-state index is 12.0. The van der Waals surface area contributed by atoms with E-state index >= 15 is 0 Å². The SMILES string of the molecule is CC(C)N(CCC(=O)O)C(=O)CNS(=O)(=O)c1cccs1. The summed E-state index contributed by atoms with van der Waals surface area (Å²) in [5, 5.41) is 10.3. The van der Waals surface area contributed by atoms with E-state index in [1.165, 1.54) is 11.0 Å². The normalized spacial score (nSPS) is 11.6. The molecular weight excluding hydrogens is 316 g/mol. The summed E-state index contributed by atoms with van der Waals surface area (Å²) < 4.78 is 26.1. The standard InChI is InChI=1S/C12H18N2O5S2/c1-9(2)14(6-5-11(16)17)10(15)8-13-21(18,19)12-4-3-7-20-12/h3-4,7,9,13H,5-6,8H2,1-2H3,(H,16,17). The summed E-state index contributed by atoms with van der Waals surface area (Å²) in [5.74, 6) is -1.46. The third kappa shape index (κ3) is 5.44. The fourth-order valence-corrected chi connectivity index (χ4v) is 3.64. The smallest absolute Gasteiger partial charge is 0.305 e. The second-order valence-corrected chi connectivity index (χ2v) is 7.52. The van der Waals surface area contributed by atoms with Crippen molar-refractivity contribution >= 4 is 33.2 Å². The monoisotopic (exact) mass is 334 g/mol. The number of nitrogens with one attached hydrogen (secondary N) is 1. The quantitative estimate of drug-likeness (QED) is 0.730. The maximum Gasteiger partial charge on any atom is 0.305 e. The van der Waals surface area contributed by atoms with Crippen LogP contribution in [0.3, 0.4) is 0 Å². The highest BCUT2D eigenvalue weighted by atomic mass is 32.2. The zero-order valence-electron chi connectivity index (χ0n) is 11.8. The van der Waals surface area contributed by atoms with Crippen molar-refractivity contribution < 1.29 is 23.1 Å². The van der Waals surface area contributed by atoms with E-state index in [1.54, 1.807) is 25.3 Å². The second-order valence-electron chi connectivity index (χ2n) is 4.58. The van der Waals surface area contributed by atoms with Crippen LogP contribution in [0.4, 0.5) is 0 Å². The summed E-state index contributed by atoms with van der Waals surface area (Å²) in [6.45, 7) is 3.14. The lowest BCUT2D eigenvalue weighted by molar-refractivity contribution is -0.138. The number of thiophene rings is 1. The first-order valence-electron chi connectivity index (χ1n) is 6.28. The lowest BCUT2D eigenvalue weighted by atomic mass is 10.2. The van der Waals surface area contributed by atoms with Gasteiger partial charge in [0.1, 0.15) is 4.21 Å². The fourth-order valence-electron chi connectivity index (χ4n) is 1.63. The van der Waals surface area contributed by atoms with Crippen molar-refractivity contribution in [2.24, 2.45) is 0 Å². The Balaban J connectivity index is 2.64. The molecular formula is C12H18N2O5S2. The minimum Gasteiger partial charge on any atom is -0.481 e. The van der Waals surface area contributed by atoms with E-state index in [0.717, 1.165) is 11.3 Å². The van der Waals surface area contributed by atoms with Gasteiger partial charge in [0.25, 0.3) is 10.0 Å². The zero-order chi connectivity index (χ0) is 16.0. The first-order chi connectivity index (χ1) is 9.74. The number of carboxylic acid groups (broad SMARTS) is 1. The van der Waals surface area contributed by atoms with Crippen LogP contribution in [0.5, 0.6) is 0 Å². The van der Waals surface area contributed by atoms with E-state index in [-0.39, 0.29) is 23.2 Å². The van der Waals surface area contributed by atoms with Crippen molar-refractivity contribution in [2.75, 3.05) is 13.1 Å². The van der Waals surface area contributed by atoms with Gasteiger partial charge in [-0.1, -0.05) is 6.07 Å². The van der Waals surface area contributed by atoms with E-state index in [0.29, 0.717) is 0 Å². The van der Waals surface area contributed by atoms with Gasteiger partial charge in [0.05, 0.1) is 13.0 Å². The average Bonchev–Trinajstić information content (AvgIpc) is 2.90. The van der Waals surface area contributed by atoms with Gasteiger partial charge in [-0.15, -0.1) is 11.3 Å². The number of hydrogen-bond donors (Lipinski definition) is 2. The van der Waals surface area contributed by atoms with Gasteiger partial charge in [-0.2, -0.15) is 0 Å². The first-order valence-corrected chi connectivity index (χ1v) is 8.64. The van der Waals surface area contributed by atoms with Crippen LogP contribution in [-0.4, -0.2) is 49.4 Å². The molecule has 0 saturated carbocycles. The lowest BCUT2D eigenvalue weighted by Crippen LogP contribution is -2.44. The van der Waals surface area contributed by atoms with E-state index in [4.69, 9.17) is 5.11 Å². The maximum absolute atomic E-state index is 12.0. The predicted octanol–water partition coefficient (Wildman–Crippen LogP) is 0.738. The largest absolute Gasteiger partial charge is 0.481 e. The number of amides is 1. The van der Waals surface area contributed by atoms with Crippen molar-refractivity contribution in [2.45, 2.75) is 30.5 Å². The molecule has 0 bridgehead atoms. The molecule has 0 atom stereocenters. The molecule has 0 aromatic carbocycles. The number of nitrogens with zero attached hydrogens (tertiary/aromatic N) is 1. The van der Waals surface area contributed by atoms with Gasteiger partial charge < -0.3 is 10.0 Å². The molecule has 0 aliphatic heterocycles. The van der Waals surface area contributed by atoms with Crippen LogP contribution in [-0.2, 0) is 19.6 Å². The number of aliphatic carboxylic acids is 1. The minimum atomic E-state index is -3.70. The number of sulfonamides is 1. The Morgan fingerprint density at radius 1 is 1.43 bits per heavy atom. The Kier molecular flexibility index (Phi) is 6.31. The number of carboxylic acids is 1. The average molecular weight is 334 g/mol. The van der Waals surface area contributed by atoms with Crippen molar-refractivity contribution in [3.63, 3.8) is 0 Å². The topological polar surface area (TPSA) is 104 Å². The number of rotatable bonds is 8. The second kappa shape index (κ2) is 7.53. The molecule has 0 fully saturated rings. The first kappa shape index (κ1) is 17.6. The number of carbonyl (C=O) groups is 2. The van der Waals surface area contributed by atoms with Crippen LogP contribution in [0.2, 0.25) is 0 Å². The van der Waals surface area contributed by atoms with E-state index in [9.17, 15) is 18.0 Å². The highest BCUT2D eigenvalue weighted by molar-refractivity contribution is 7.91. The van der Waals surface area contributed by atoms with Crippen LogP contribution in [0.1, 0.15) is 20.3 Å². The van der Waals surface area contributed by atoms with E-state index in [2.05, 4.69) is 4.72 Å². The molecule has 1 aromatic heterocycles. The summed E-state index contributed by atoms with van der Waals surface area (Å²) in [6, 6.07) is 2.85. The summed E-state index contributed by atoms with van der Waals surface area (Å²) in [7, 11) is -3.70. The molecule has 1 amide bonds. The highest BCUT2D eigenvalue weighted by Crippen LogP contribution is 2.15. The molecule has 1 heterocycles. The molecule has 0 aliphatic rings. The summed E-state index contributed by atoms with van der Waals surface area (Å²) >= 11 is 1.06. The van der Waals surface area contributed by atoms with Crippen molar-refractivity contribution in [3.8, 4) is 0 Å².